The lowest BCUT2D eigenvalue weighted by atomic mass is 9.96. The standard InChI is InChI=1S/C14H19Cl2NO2.C6H8O7/c1-17-6-3-4-11(17)5-7-19-13-9-10(15)8-12(16)14(13)18-2;7-3(8)1-6(13,5(11)12)2-4(9)10/h8-9,11H,3-7H2,1-2H3;13H,1-2H2,(H,7,8)(H,9,10)(H,11,12). The van der Waals surface area contributed by atoms with Crippen LogP contribution in [0.4, 0.5) is 0 Å². The highest BCUT2D eigenvalue weighted by atomic mass is 35.5. The molecular weight excluding hydrogens is 469 g/mol. The minimum Gasteiger partial charge on any atom is -0.491 e. The third-order valence-electron chi connectivity index (χ3n) is 4.84. The first-order valence-corrected chi connectivity index (χ1v) is 10.4. The van der Waals surface area contributed by atoms with E-state index in [4.69, 9.17) is 53.1 Å². The fourth-order valence-corrected chi connectivity index (χ4v) is 3.76. The Balaban J connectivity index is 0.000000347. The Morgan fingerprint density at radius 1 is 1.16 bits per heavy atom. The maximum absolute atomic E-state index is 10.3. The van der Waals surface area contributed by atoms with E-state index in [0.717, 1.165) is 6.42 Å². The summed E-state index contributed by atoms with van der Waals surface area (Å²) in [5.41, 5.74) is -2.74. The van der Waals surface area contributed by atoms with Crippen molar-refractivity contribution in [2.45, 2.75) is 43.7 Å². The zero-order chi connectivity index (χ0) is 24.5. The summed E-state index contributed by atoms with van der Waals surface area (Å²) in [5.74, 6) is -3.86. The van der Waals surface area contributed by atoms with Gasteiger partial charge in [0.1, 0.15) is 0 Å². The molecule has 32 heavy (non-hydrogen) atoms. The Labute approximate surface area is 195 Å². The lowest BCUT2D eigenvalue weighted by Crippen LogP contribution is -2.42. The van der Waals surface area contributed by atoms with E-state index in [1.807, 2.05) is 0 Å². The molecule has 1 saturated heterocycles. The summed E-state index contributed by atoms with van der Waals surface area (Å²) >= 11 is 12.0. The Hall–Kier alpha value is -2.27. The van der Waals surface area contributed by atoms with Crippen molar-refractivity contribution in [1.29, 1.82) is 0 Å². The van der Waals surface area contributed by atoms with E-state index < -0.39 is 36.4 Å². The zero-order valence-corrected chi connectivity index (χ0v) is 19.2. The third kappa shape index (κ3) is 8.70. The third-order valence-corrected chi connectivity index (χ3v) is 5.34. The van der Waals surface area contributed by atoms with Gasteiger partial charge in [0.15, 0.2) is 17.1 Å². The smallest absolute Gasteiger partial charge is 0.336 e. The normalized spacial score (nSPS) is 16.1. The van der Waals surface area contributed by atoms with Crippen molar-refractivity contribution in [2.75, 3.05) is 27.3 Å². The highest BCUT2D eigenvalue weighted by Crippen LogP contribution is 2.38. The van der Waals surface area contributed by atoms with Crippen LogP contribution in [0.2, 0.25) is 10.0 Å². The highest BCUT2D eigenvalue weighted by molar-refractivity contribution is 6.35. The lowest BCUT2D eigenvalue weighted by Gasteiger charge is -2.20. The molecule has 12 heteroatoms. The number of carbonyl (C=O) groups is 3. The Morgan fingerprint density at radius 3 is 2.19 bits per heavy atom. The molecular formula is C20H27Cl2NO9. The molecule has 1 aromatic carbocycles. The van der Waals surface area contributed by atoms with Gasteiger partial charge in [-0.15, -0.1) is 0 Å². The van der Waals surface area contributed by atoms with Crippen LogP contribution in [-0.4, -0.2) is 82.2 Å². The van der Waals surface area contributed by atoms with Crippen molar-refractivity contribution in [2.24, 2.45) is 0 Å². The van der Waals surface area contributed by atoms with E-state index >= 15 is 0 Å². The van der Waals surface area contributed by atoms with Crippen LogP contribution in [0.25, 0.3) is 0 Å². The number of rotatable bonds is 10. The summed E-state index contributed by atoms with van der Waals surface area (Å²) in [4.78, 5) is 32.9. The predicted molar refractivity (Wildman–Crippen MR) is 116 cm³/mol. The second-order valence-corrected chi connectivity index (χ2v) is 8.15. The molecule has 1 aliphatic heterocycles. The molecule has 1 aromatic rings. The summed E-state index contributed by atoms with van der Waals surface area (Å²) in [7, 11) is 3.74. The molecule has 0 bridgehead atoms. The summed E-state index contributed by atoms with van der Waals surface area (Å²) in [5, 5.41) is 34.8. The van der Waals surface area contributed by atoms with Crippen LogP contribution in [0.3, 0.4) is 0 Å². The molecule has 4 N–H and O–H groups in total. The van der Waals surface area contributed by atoms with E-state index in [9.17, 15) is 14.4 Å². The number of carboxylic acids is 3. The van der Waals surface area contributed by atoms with E-state index in [0.29, 0.717) is 34.2 Å². The number of ether oxygens (including phenoxy) is 2. The summed E-state index contributed by atoms with van der Waals surface area (Å²) in [6.45, 7) is 1.82. The fraction of sp³-hybridized carbons (Fsp3) is 0.550. The monoisotopic (exact) mass is 495 g/mol. The topological polar surface area (TPSA) is 154 Å². The number of methoxy groups -OCH3 is 1. The van der Waals surface area contributed by atoms with E-state index in [2.05, 4.69) is 11.9 Å². The van der Waals surface area contributed by atoms with Crippen molar-refractivity contribution in [1.82, 2.24) is 4.90 Å². The molecule has 1 unspecified atom stereocenters. The van der Waals surface area contributed by atoms with Crippen LogP contribution in [0.1, 0.15) is 32.1 Å². The minimum atomic E-state index is -2.74. The van der Waals surface area contributed by atoms with Gasteiger partial charge in [0.2, 0.25) is 0 Å². The largest absolute Gasteiger partial charge is 0.491 e. The van der Waals surface area contributed by atoms with Crippen molar-refractivity contribution >= 4 is 41.1 Å². The average Bonchev–Trinajstić information content (AvgIpc) is 3.05. The van der Waals surface area contributed by atoms with Crippen LogP contribution in [0.5, 0.6) is 11.5 Å². The second-order valence-electron chi connectivity index (χ2n) is 7.31. The summed E-state index contributed by atoms with van der Waals surface area (Å²) < 4.78 is 11.0. The van der Waals surface area contributed by atoms with Crippen LogP contribution < -0.4 is 9.47 Å². The van der Waals surface area contributed by atoms with Gasteiger partial charge in [0, 0.05) is 17.1 Å². The average molecular weight is 496 g/mol. The number of likely N-dealkylation sites (tertiary alicyclic amines) is 1. The molecule has 0 aromatic heterocycles. The molecule has 2 rings (SSSR count). The van der Waals surface area contributed by atoms with Gasteiger partial charge in [-0.3, -0.25) is 9.59 Å². The molecule has 10 nitrogen and oxygen atoms in total. The lowest BCUT2D eigenvalue weighted by molar-refractivity contribution is -0.170. The molecule has 1 fully saturated rings. The molecule has 0 radical (unpaired) electrons. The molecule has 0 amide bonds. The van der Waals surface area contributed by atoms with E-state index in [-0.39, 0.29) is 0 Å². The Bertz CT molecular complexity index is 803. The molecule has 180 valence electrons. The first kappa shape index (κ1) is 27.8. The molecule has 1 atom stereocenters. The van der Waals surface area contributed by atoms with Crippen molar-refractivity contribution < 1.29 is 44.3 Å². The number of hydrogen-bond acceptors (Lipinski definition) is 7. The van der Waals surface area contributed by atoms with Gasteiger partial charge in [-0.2, -0.15) is 0 Å². The number of nitrogens with zero attached hydrogens (tertiary/aromatic N) is 1. The number of aliphatic carboxylic acids is 3. The zero-order valence-electron chi connectivity index (χ0n) is 17.7. The van der Waals surface area contributed by atoms with E-state index in [1.165, 1.54) is 19.4 Å². The van der Waals surface area contributed by atoms with Gasteiger partial charge in [0.25, 0.3) is 0 Å². The van der Waals surface area contributed by atoms with Gasteiger partial charge in [-0.1, -0.05) is 23.2 Å². The molecule has 0 saturated carbocycles. The quantitative estimate of drug-likeness (QED) is 0.380. The van der Waals surface area contributed by atoms with Gasteiger partial charge >= 0.3 is 17.9 Å². The second kappa shape index (κ2) is 12.7. The Kier molecular flexibility index (Phi) is 11.0. The first-order chi connectivity index (χ1) is 14.9. The number of halogens is 2. The number of carboxylic acid groups (broad SMARTS) is 3. The van der Waals surface area contributed by atoms with Gasteiger partial charge < -0.3 is 34.8 Å². The maximum atomic E-state index is 10.3. The van der Waals surface area contributed by atoms with Gasteiger partial charge in [-0.05, 0) is 38.9 Å². The SMILES string of the molecule is COc1c(Cl)cc(Cl)cc1OCCC1CCCN1C.O=C(O)CC(O)(CC(=O)O)C(=O)O. The number of benzene rings is 1. The van der Waals surface area contributed by atoms with Crippen molar-refractivity contribution in [3.63, 3.8) is 0 Å². The van der Waals surface area contributed by atoms with Crippen molar-refractivity contribution in [3.05, 3.63) is 22.2 Å². The van der Waals surface area contributed by atoms with Crippen LogP contribution in [0.15, 0.2) is 12.1 Å². The summed E-state index contributed by atoms with van der Waals surface area (Å²) in [6, 6.07) is 4.00. The molecule has 1 heterocycles. The van der Waals surface area contributed by atoms with Crippen LogP contribution in [-0.2, 0) is 14.4 Å². The van der Waals surface area contributed by atoms with E-state index in [1.54, 1.807) is 19.2 Å². The molecule has 0 spiro atoms. The first-order valence-electron chi connectivity index (χ1n) is 9.65. The van der Waals surface area contributed by atoms with Crippen molar-refractivity contribution in [3.8, 4) is 11.5 Å². The minimum absolute atomic E-state index is 0.475. The number of aliphatic hydroxyl groups is 1. The fourth-order valence-electron chi connectivity index (χ4n) is 3.21. The number of hydrogen-bond donors (Lipinski definition) is 4. The maximum Gasteiger partial charge on any atom is 0.336 e. The van der Waals surface area contributed by atoms with Crippen LogP contribution in [0, 0.1) is 0 Å². The van der Waals surface area contributed by atoms with Crippen LogP contribution >= 0.6 is 23.2 Å². The summed E-state index contributed by atoms with van der Waals surface area (Å²) in [6.07, 6.45) is 1.23. The highest BCUT2D eigenvalue weighted by Gasteiger charge is 2.40. The van der Waals surface area contributed by atoms with Gasteiger partial charge in [0.05, 0.1) is 31.6 Å². The predicted octanol–water partition coefficient (Wildman–Crippen LogP) is 2.62. The van der Waals surface area contributed by atoms with Gasteiger partial charge in [-0.25, -0.2) is 4.79 Å². The molecule has 1 aliphatic rings. The molecule has 0 aliphatic carbocycles. The Morgan fingerprint density at radius 2 is 1.75 bits per heavy atom.